The van der Waals surface area contributed by atoms with Gasteiger partial charge in [0.2, 0.25) is 11.9 Å². The first kappa shape index (κ1) is 50.9. The minimum absolute atomic E-state index is 0.351. The molecule has 8 aliphatic rings. The summed E-state index contributed by atoms with van der Waals surface area (Å²) in [6.07, 6.45) is 16.1. The summed E-state index contributed by atoms with van der Waals surface area (Å²) >= 11 is 0. The van der Waals surface area contributed by atoms with Gasteiger partial charge in [0.1, 0.15) is 35.5 Å². The largest absolute Gasteiger partial charge is 0.495 e. The Morgan fingerprint density at radius 1 is 0.514 bits per heavy atom. The van der Waals surface area contributed by atoms with Crippen molar-refractivity contribution in [2.75, 3.05) is 126 Å². The number of rotatable bonds is 14. The molecule has 4 aromatic rings. The number of fused-ring (bicyclic) bond motifs is 2. The molecule has 0 spiro atoms. The molecule has 0 unspecified atom stereocenters. The zero-order valence-corrected chi connectivity index (χ0v) is 44.0. The van der Waals surface area contributed by atoms with Crippen molar-refractivity contribution in [3.8, 4) is 35.2 Å². The molecule has 0 radical (unpaired) electrons. The Morgan fingerprint density at radius 3 is 1.27 bits per heavy atom. The number of hydrogen-bond donors (Lipinski definition) is 2. The summed E-state index contributed by atoms with van der Waals surface area (Å²) in [4.78, 5) is 33.8. The molecular formula is C58H78F2N12O2. The van der Waals surface area contributed by atoms with Crippen LogP contribution < -0.4 is 29.9 Å². The summed E-state index contributed by atoms with van der Waals surface area (Å²) in [6, 6.07) is 10.4. The van der Waals surface area contributed by atoms with E-state index in [4.69, 9.17) is 29.4 Å². The number of anilines is 4. The zero-order valence-electron chi connectivity index (χ0n) is 44.0. The molecule has 6 saturated heterocycles. The first-order valence-electron chi connectivity index (χ1n) is 28.3. The average Bonchev–Trinajstić information content (AvgIpc) is 4.19. The third-order valence-corrected chi connectivity index (χ3v) is 16.7. The molecule has 16 heteroatoms. The van der Waals surface area contributed by atoms with Crippen LogP contribution in [0, 0.1) is 23.7 Å². The summed E-state index contributed by atoms with van der Waals surface area (Å²) in [5.41, 5.74) is 3.34. The van der Waals surface area contributed by atoms with Crippen LogP contribution in [0.25, 0.3) is 21.8 Å². The fourth-order valence-corrected chi connectivity index (χ4v) is 12.0. The monoisotopic (exact) mass is 1010 g/mol. The van der Waals surface area contributed by atoms with Gasteiger partial charge in [-0.05, 0) is 140 Å². The number of nitrogens with zero attached hydrogens (tertiary/aromatic N) is 10. The second-order valence-corrected chi connectivity index (χ2v) is 22.1. The highest BCUT2D eigenvalue weighted by Crippen LogP contribution is 2.36. The Bertz CT molecular complexity index is 2500. The molecule has 6 aliphatic heterocycles. The van der Waals surface area contributed by atoms with Gasteiger partial charge in [-0.2, -0.15) is 9.97 Å². The number of methoxy groups -OCH3 is 2. The minimum Gasteiger partial charge on any atom is -0.495 e. The van der Waals surface area contributed by atoms with Crippen LogP contribution in [0.1, 0.15) is 114 Å². The maximum absolute atomic E-state index is 14.0. The van der Waals surface area contributed by atoms with Crippen molar-refractivity contribution in [2.45, 2.75) is 139 Å². The van der Waals surface area contributed by atoms with Gasteiger partial charge in [-0.3, -0.25) is 0 Å². The molecule has 2 aliphatic carbocycles. The molecule has 396 valence electrons. The molecule has 14 nitrogen and oxygen atoms in total. The van der Waals surface area contributed by atoms with Gasteiger partial charge >= 0.3 is 0 Å². The number of ether oxygens (including phenoxy) is 2. The molecule has 8 fully saturated rings. The van der Waals surface area contributed by atoms with Gasteiger partial charge in [0.15, 0.2) is 0 Å². The Hall–Kier alpha value is -5.26. The lowest BCUT2D eigenvalue weighted by atomic mass is 10.0. The zero-order chi connectivity index (χ0) is 50.4. The fourth-order valence-electron chi connectivity index (χ4n) is 12.0. The molecule has 2 saturated carbocycles. The van der Waals surface area contributed by atoms with Crippen molar-refractivity contribution in [3.63, 3.8) is 0 Å². The number of halogens is 2. The van der Waals surface area contributed by atoms with E-state index < -0.39 is 12.3 Å². The molecule has 0 bridgehead atoms. The van der Waals surface area contributed by atoms with Gasteiger partial charge in [-0.15, -0.1) is 0 Å². The van der Waals surface area contributed by atoms with E-state index in [9.17, 15) is 8.78 Å². The molecular weight excluding hydrogens is 935 g/mol. The molecule has 0 amide bonds. The third-order valence-electron chi connectivity index (χ3n) is 16.7. The van der Waals surface area contributed by atoms with E-state index in [2.05, 4.69) is 53.9 Å². The van der Waals surface area contributed by atoms with E-state index in [1.165, 1.54) is 77.5 Å². The lowest BCUT2D eigenvalue weighted by molar-refractivity contribution is 0.210. The Labute approximate surface area is 437 Å². The van der Waals surface area contributed by atoms with Gasteiger partial charge < -0.3 is 49.5 Å². The van der Waals surface area contributed by atoms with Crippen molar-refractivity contribution in [1.82, 2.24) is 39.5 Å². The van der Waals surface area contributed by atoms with E-state index in [1.54, 1.807) is 14.2 Å². The molecule has 8 heterocycles. The Balaban J connectivity index is 0.000000159. The van der Waals surface area contributed by atoms with Gasteiger partial charge in [-0.25, -0.2) is 18.7 Å². The van der Waals surface area contributed by atoms with Gasteiger partial charge in [0.05, 0.1) is 49.5 Å². The quantitative estimate of drug-likeness (QED) is 0.119. The van der Waals surface area contributed by atoms with Crippen molar-refractivity contribution < 1.29 is 18.3 Å². The second kappa shape index (κ2) is 23.7. The maximum atomic E-state index is 14.0. The minimum atomic E-state index is -0.824. The van der Waals surface area contributed by atoms with Crippen molar-refractivity contribution in [1.29, 1.82) is 0 Å². The number of aromatic nitrogens is 4. The Morgan fingerprint density at radius 2 is 0.919 bits per heavy atom. The van der Waals surface area contributed by atoms with Crippen LogP contribution in [-0.2, 0) is 0 Å². The molecule has 74 heavy (non-hydrogen) atoms. The van der Waals surface area contributed by atoms with Crippen LogP contribution in [0.4, 0.5) is 32.3 Å². The highest BCUT2D eigenvalue weighted by Gasteiger charge is 2.34. The molecule has 12 rings (SSSR count). The SMILES string of the molecule is COc1cc2c(NC3CCN(C4CC4)CC3)nc(N3CC[C@H](F)C3)nc2cc1C#CCCN1CCCC1.COc1cc2c(NC3CCN(C4CC4)CC3)nc(N3CC[C@H](F)C3)nc2cc1C#CCCN1CCCC1. The van der Waals surface area contributed by atoms with E-state index in [1.807, 2.05) is 34.1 Å². The van der Waals surface area contributed by atoms with E-state index >= 15 is 0 Å². The van der Waals surface area contributed by atoms with E-state index in [0.717, 1.165) is 146 Å². The van der Waals surface area contributed by atoms with Gasteiger partial charge in [0.25, 0.3) is 0 Å². The topological polar surface area (TPSA) is 114 Å². The molecule has 2 aromatic heterocycles. The smallest absolute Gasteiger partial charge is 0.227 e. The Kier molecular flexibility index (Phi) is 16.3. The number of nitrogens with one attached hydrogen (secondary N) is 2. The molecule has 2 N–H and O–H groups in total. The van der Waals surface area contributed by atoms with Crippen molar-refractivity contribution in [3.05, 3.63) is 35.4 Å². The highest BCUT2D eigenvalue weighted by atomic mass is 19.1. The van der Waals surface area contributed by atoms with Crippen LogP contribution in [0.3, 0.4) is 0 Å². The standard InChI is InChI=1S/2C29H39FN6O/c2*1-37-27-19-25-26(18-21(27)6-2-3-12-34-13-4-5-14-34)32-29(36-15-9-22(30)20-36)33-28(25)31-23-10-16-35(17-11-23)24-7-8-24/h2*18-19,22-24H,3-5,7-17,20H2,1H3,(H,31,32,33)/t2*22-/m00/s1. The van der Waals surface area contributed by atoms with Crippen LogP contribution in [0.5, 0.6) is 11.5 Å². The number of alkyl halides is 2. The highest BCUT2D eigenvalue weighted by molar-refractivity contribution is 5.94. The lowest BCUT2D eigenvalue weighted by Gasteiger charge is -2.33. The summed E-state index contributed by atoms with van der Waals surface area (Å²) in [5.74, 6) is 17.7. The van der Waals surface area contributed by atoms with Crippen LogP contribution >= 0.6 is 0 Å². The second-order valence-electron chi connectivity index (χ2n) is 22.1. The van der Waals surface area contributed by atoms with Gasteiger partial charge in [0, 0.05) is 100 Å². The maximum Gasteiger partial charge on any atom is 0.227 e. The summed E-state index contributed by atoms with van der Waals surface area (Å²) in [7, 11) is 3.39. The first-order chi connectivity index (χ1) is 36.3. The summed E-state index contributed by atoms with van der Waals surface area (Å²) < 4.78 is 39.6. The summed E-state index contributed by atoms with van der Waals surface area (Å²) in [5, 5.41) is 9.34. The molecule has 2 atom stereocenters. The van der Waals surface area contributed by atoms with Crippen LogP contribution in [0.2, 0.25) is 0 Å². The fraction of sp³-hybridized carbons (Fsp3) is 0.655. The number of hydrogen-bond acceptors (Lipinski definition) is 14. The number of benzene rings is 2. The van der Waals surface area contributed by atoms with Crippen molar-refractivity contribution in [2.24, 2.45) is 0 Å². The van der Waals surface area contributed by atoms with Crippen LogP contribution in [-0.4, -0.2) is 182 Å². The number of likely N-dealkylation sites (tertiary alicyclic amines) is 4. The predicted octanol–water partition coefficient (Wildman–Crippen LogP) is 8.13. The predicted molar refractivity (Wildman–Crippen MR) is 292 cm³/mol. The summed E-state index contributed by atoms with van der Waals surface area (Å²) in [6.45, 7) is 13.3. The average molecular weight is 1010 g/mol. The normalized spacial score (nSPS) is 23.4. The van der Waals surface area contributed by atoms with Gasteiger partial charge in [-0.1, -0.05) is 23.7 Å². The first-order valence-corrected chi connectivity index (χ1v) is 28.3. The van der Waals surface area contributed by atoms with E-state index in [-0.39, 0.29) is 0 Å². The van der Waals surface area contributed by atoms with Crippen LogP contribution in [0.15, 0.2) is 24.3 Å². The molecule has 2 aromatic carbocycles. The third kappa shape index (κ3) is 12.7. The lowest BCUT2D eigenvalue weighted by Crippen LogP contribution is -2.40. The van der Waals surface area contributed by atoms with Crippen molar-refractivity contribution >= 4 is 45.3 Å². The van der Waals surface area contributed by atoms with E-state index in [0.29, 0.717) is 63.0 Å². The number of piperidine rings is 2.